The molecule has 0 amide bonds. The maximum Gasteiger partial charge on any atom is 0.214 e. The van der Waals surface area contributed by atoms with Gasteiger partial charge in [-0.2, -0.15) is 0 Å². The van der Waals surface area contributed by atoms with Gasteiger partial charge in [-0.05, 0) is 19.3 Å². The van der Waals surface area contributed by atoms with Crippen LogP contribution in [0, 0.1) is 5.92 Å². The Morgan fingerprint density at radius 3 is 2.56 bits per heavy atom. The van der Waals surface area contributed by atoms with Crippen LogP contribution in [0.15, 0.2) is 0 Å². The van der Waals surface area contributed by atoms with E-state index in [2.05, 4.69) is 4.72 Å². The largest absolute Gasteiger partial charge is 0.376 e. The van der Waals surface area contributed by atoms with E-state index >= 15 is 0 Å². The molecular formula is C12H22N2O3S. The van der Waals surface area contributed by atoms with Crippen LogP contribution < -0.4 is 10.5 Å². The highest BCUT2D eigenvalue weighted by molar-refractivity contribution is 7.90. The smallest absolute Gasteiger partial charge is 0.214 e. The van der Waals surface area contributed by atoms with Crippen molar-refractivity contribution in [3.8, 4) is 0 Å². The second kappa shape index (κ2) is 4.74. The highest BCUT2D eigenvalue weighted by atomic mass is 32.2. The van der Waals surface area contributed by atoms with Gasteiger partial charge in [-0.1, -0.05) is 19.3 Å². The number of rotatable bonds is 3. The number of fused-ring (bicyclic) bond motifs is 1. The molecule has 1 saturated heterocycles. The topological polar surface area (TPSA) is 81.4 Å². The Hall–Kier alpha value is -0.170. The predicted molar refractivity (Wildman–Crippen MR) is 68.5 cm³/mol. The molecule has 0 aromatic carbocycles. The molecular weight excluding hydrogens is 252 g/mol. The fourth-order valence-corrected chi connectivity index (χ4v) is 5.37. The lowest BCUT2D eigenvalue weighted by Crippen LogP contribution is -2.69. The molecule has 6 heteroatoms. The summed E-state index contributed by atoms with van der Waals surface area (Å²) in [6.45, 7) is 0.713. The SMILES string of the molecule is NC1C2CCOC2C1NS(=O)(=O)C1CCCCC1. The van der Waals surface area contributed by atoms with Gasteiger partial charge >= 0.3 is 0 Å². The van der Waals surface area contributed by atoms with E-state index in [-0.39, 0.29) is 23.4 Å². The molecule has 2 saturated carbocycles. The first-order valence-corrected chi connectivity index (χ1v) is 8.52. The molecule has 5 nitrogen and oxygen atoms in total. The highest BCUT2D eigenvalue weighted by Gasteiger charge is 2.53. The van der Waals surface area contributed by atoms with Crippen LogP contribution in [-0.4, -0.2) is 38.5 Å². The number of sulfonamides is 1. The van der Waals surface area contributed by atoms with E-state index in [1.807, 2.05) is 0 Å². The number of ether oxygens (including phenoxy) is 1. The molecule has 3 rings (SSSR count). The molecule has 0 aromatic heterocycles. The zero-order valence-electron chi connectivity index (χ0n) is 10.5. The van der Waals surface area contributed by atoms with Gasteiger partial charge in [0, 0.05) is 18.6 Å². The van der Waals surface area contributed by atoms with E-state index in [4.69, 9.17) is 10.5 Å². The molecule has 104 valence electrons. The summed E-state index contributed by atoms with van der Waals surface area (Å²) in [6, 6.07) is -0.278. The molecule has 3 fully saturated rings. The Kier molecular flexibility index (Phi) is 3.38. The molecule has 1 aliphatic heterocycles. The minimum atomic E-state index is -3.22. The molecule has 4 atom stereocenters. The van der Waals surface area contributed by atoms with Crippen molar-refractivity contribution in [1.82, 2.24) is 4.72 Å². The van der Waals surface area contributed by atoms with Crippen molar-refractivity contribution in [2.24, 2.45) is 11.7 Å². The quantitative estimate of drug-likeness (QED) is 0.778. The second-order valence-electron chi connectivity index (χ2n) is 5.81. The van der Waals surface area contributed by atoms with Crippen molar-refractivity contribution < 1.29 is 13.2 Å². The summed E-state index contributed by atoms with van der Waals surface area (Å²) >= 11 is 0. The molecule has 2 aliphatic carbocycles. The fourth-order valence-electron chi connectivity index (χ4n) is 3.56. The second-order valence-corrected chi connectivity index (χ2v) is 7.81. The summed E-state index contributed by atoms with van der Waals surface area (Å²) in [5.74, 6) is 0.351. The van der Waals surface area contributed by atoms with Crippen LogP contribution in [-0.2, 0) is 14.8 Å². The van der Waals surface area contributed by atoms with Crippen molar-refractivity contribution in [2.75, 3.05) is 6.61 Å². The Morgan fingerprint density at radius 2 is 1.83 bits per heavy atom. The molecule has 18 heavy (non-hydrogen) atoms. The molecule has 0 bridgehead atoms. The first-order chi connectivity index (χ1) is 8.59. The number of hydrogen-bond acceptors (Lipinski definition) is 4. The number of nitrogens with two attached hydrogens (primary N) is 1. The minimum absolute atomic E-state index is 0.0124. The molecule has 0 radical (unpaired) electrons. The van der Waals surface area contributed by atoms with E-state index in [1.54, 1.807) is 0 Å². The van der Waals surface area contributed by atoms with Crippen LogP contribution in [0.25, 0.3) is 0 Å². The third-order valence-corrected chi connectivity index (χ3v) is 6.69. The lowest BCUT2D eigenvalue weighted by molar-refractivity contribution is -0.00937. The summed E-state index contributed by atoms with van der Waals surface area (Å²) in [6.07, 6.45) is 5.74. The van der Waals surface area contributed by atoms with Gasteiger partial charge in [-0.15, -0.1) is 0 Å². The van der Waals surface area contributed by atoms with Crippen LogP contribution in [0.2, 0.25) is 0 Å². The molecule has 3 N–H and O–H groups in total. The van der Waals surface area contributed by atoms with Crippen molar-refractivity contribution >= 4 is 10.0 Å². The lowest BCUT2D eigenvalue weighted by atomic mass is 9.73. The van der Waals surface area contributed by atoms with Crippen LogP contribution in [0.4, 0.5) is 0 Å². The standard InChI is InChI=1S/C12H22N2O3S/c13-10-9-6-7-17-12(9)11(10)14-18(15,16)8-4-2-1-3-5-8/h8-12,14H,1-7,13H2. The van der Waals surface area contributed by atoms with E-state index in [9.17, 15) is 8.42 Å². The Bertz CT molecular complexity index is 406. The number of nitrogens with one attached hydrogen (secondary N) is 1. The summed E-state index contributed by atoms with van der Waals surface area (Å²) < 4.78 is 33.0. The number of hydrogen-bond donors (Lipinski definition) is 2. The normalized spacial score (nSPS) is 41.4. The predicted octanol–water partition coefficient (Wildman–Crippen LogP) is 0.353. The Balaban J connectivity index is 1.64. The van der Waals surface area contributed by atoms with Gasteiger partial charge in [0.25, 0.3) is 0 Å². The molecule has 0 spiro atoms. The third-order valence-electron chi connectivity index (χ3n) is 4.74. The van der Waals surface area contributed by atoms with Crippen LogP contribution in [0.5, 0.6) is 0 Å². The summed E-state index contributed by atoms with van der Waals surface area (Å²) in [7, 11) is -3.22. The summed E-state index contributed by atoms with van der Waals surface area (Å²) in [5, 5.41) is -0.223. The summed E-state index contributed by atoms with van der Waals surface area (Å²) in [5.41, 5.74) is 6.04. The Morgan fingerprint density at radius 1 is 1.11 bits per heavy atom. The maximum absolute atomic E-state index is 12.3. The molecule has 1 heterocycles. The maximum atomic E-state index is 12.3. The van der Waals surface area contributed by atoms with Gasteiger partial charge in [0.05, 0.1) is 17.4 Å². The van der Waals surface area contributed by atoms with Crippen molar-refractivity contribution in [2.45, 2.75) is 62.0 Å². The van der Waals surface area contributed by atoms with Gasteiger partial charge in [-0.25, -0.2) is 13.1 Å². The van der Waals surface area contributed by atoms with Crippen molar-refractivity contribution in [1.29, 1.82) is 0 Å². The molecule has 0 aromatic rings. The van der Waals surface area contributed by atoms with Crippen LogP contribution in [0.3, 0.4) is 0 Å². The average Bonchev–Trinajstić information content (AvgIpc) is 2.82. The van der Waals surface area contributed by atoms with Gasteiger partial charge in [-0.3, -0.25) is 0 Å². The van der Waals surface area contributed by atoms with E-state index in [0.29, 0.717) is 12.5 Å². The first-order valence-electron chi connectivity index (χ1n) is 6.98. The van der Waals surface area contributed by atoms with Gasteiger partial charge < -0.3 is 10.5 Å². The van der Waals surface area contributed by atoms with E-state index in [1.165, 1.54) is 0 Å². The van der Waals surface area contributed by atoms with Crippen LogP contribution >= 0.6 is 0 Å². The van der Waals surface area contributed by atoms with E-state index in [0.717, 1.165) is 38.5 Å². The molecule has 3 aliphatic rings. The Labute approximate surface area is 109 Å². The van der Waals surface area contributed by atoms with Gasteiger partial charge in [0.2, 0.25) is 10.0 Å². The third kappa shape index (κ3) is 2.09. The zero-order chi connectivity index (χ0) is 12.8. The van der Waals surface area contributed by atoms with E-state index < -0.39 is 10.0 Å². The zero-order valence-corrected chi connectivity index (χ0v) is 11.4. The average molecular weight is 274 g/mol. The highest BCUT2D eigenvalue weighted by Crippen LogP contribution is 2.38. The monoisotopic (exact) mass is 274 g/mol. The van der Waals surface area contributed by atoms with Gasteiger partial charge in [0.15, 0.2) is 0 Å². The molecule has 4 unspecified atom stereocenters. The lowest BCUT2D eigenvalue weighted by Gasteiger charge is -2.45. The minimum Gasteiger partial charge on any atom is -0.376 e. The van der Waals surface area contributed by atoms with Crippen molar-refractivity contribution in [3.63, 3.8) is 0 Å². The summed E-state index contributed by atoms with van der Waals surface area (Å²) in [4.78, 5) is 0. The fraction of sp³-hybridized carbons (Fsp3) is 1.00. The van der Waals surface area contributed by atoms with Crippen molar-refractivity contribution in [3.05, 3.63) is 0 Å². The van der Waals surface area contributed by atoms with Crippen LogP contribution in [0.1, 0.15) is 38.5 Å². The van der Waals surface area contributed by atoms with Gasteiger partial charge in [0.1, 0.15) is 0 Å². The first kappa shape index (κ1) is 12.8.